The largest absolute Gasteiger partial charge is 0.494 e. The van der Waals surface area contributed by atoms with E-state index >= 15 is 0 Å². The first-order valence-corrected chi connectivity index (χ1v) is 8.13. The van der Waals surface area contributed by atoms with Gasteiger partial charge in [-0.1, -0.05) is 49.5 Å². The number of hydrogen-bond donors (Lipinski definition) is 0. The van der Waals surface area contributed by atoms with Crippen molar-refractivity contribution >= 4 is 43.5 Å². The van der Waals surface area contributed by atoms with Crippen molar-refractivity contribution in [3.05, 3.63) is 62.8 Å². The predicted molar refractivity (Wildman–Crippen MR) is 87.5 cm³/mol. The Labute approximate surface area is 139 Å². The molecule has 0 spiro atoms. The summed E-state index contributed by atoms with van der Waals surface area (Å²) in [4.78, 5) is -0.286. The molecular formula is C15H12Br2ClFO. The number of halogens is 4. The van der Waals surface area contributed by atoms with Gasteiger partial charge in [0.15, 0.2) is 0 Å². The highest BCUT2D eigenvalue weighted by Gasteiger charge is 2.18. The van der Waals surface area contributed by atoms with Crippen molar-refractivity contribution in [1.82, 2.24) is 0 Å². The molecule has 5 heteroatoms. The highest BCUT2D eigenvalue weighted by molar-refractivity contribution is 9.11. The molecule has 1 atom stereocenters. The van der Waals surface area contributed by atoms with Gasteiger partial charge in [-0.05, 0) is 42.8 Å². The van der Waals surface area contributed by atoms with E-state index in [1.54, 1.807) is 6.07 Å². The molecule has 0 N–H and O–H groups in total. The molecule has 2 rings (SSSR count). The number of rotatable bonds is 4. The summed E-state index contributed by atoms with van der Waals surface area (Å²) in [5.41, 5.74) is 1.41. The summed E-state index contributed by atoms with van der Waals surface area (Å²) in [5, 5.41) is 0.507. The van der Waals surface area contributed by atoms with Crippen molar-refractivity contribution < 1.29 is 9.13 Å². The first-order valence-electron chi connectivity index (χ1n) is 6.04. The molecule has 0 amide bonds. The Morgan fingerprint density at radius 3 is 2.60 bits per heavy atom. The summed E-state index contributed by atoms with van der Waals surface area (Å²) in [7, 11) is 0. The summed E-state index contributed by atoms with van der Waals surface area (Å²) in [6.45, 7) is 2.53. The minimum Gasteiger partial charge on any atom is -0.494 e. The van der Waals surface area contributed by atoms with Gasteiger partial charge in [0, 0.05) is 15.1 Å². The predicted octanol–water partition coefficient (Wildman–Crippen LogP) is 6.12. The van der Waals surface area contributed by atoms with Crippen molar-refractivity contribution in [3.63, 3.8) is 0 Å². The van der Waals surface area contributed by atoms with Crippen LogP contribution in [0.3, 0.4) is 0 Å². The van der Waals surface area contributed by atoms with Crippen LogP contribution >= 0.6 is 43.5 Å². The molecule has 0 aromatic heterocycles. The lowest BCUT2D eigenvalue weighted by atomic mass is 10.0. The van der Waals surface area contributed by atoms with E-state index in [2.05, 4.69) is 31.9 Å². The van der Waals surface area contributed by atoms with Gasteiger partial charge < -0.3 is 4.74 Å². The standard InChI is InChI=1S/C15H12Br2ClFO/c1-2-20-10-4-5-11(13(16)8-10)15(17)12-7-9(18)3-6-14(12)19/h3-8,15H,2H2,1H3. The monoisotopic (exact) mass is 420 g/mol. The summed E-state index contributed by atoms with van der Waals surface area (Å²) in [6, 6.07) is 10.2. The molecule has 0 aliphatic rings. The fraction of sp³-hybridized carbons (Fsp3) is 0.200. The van der Waals surface area contributed by atoms with Crippen LogP contribution in [0.15, 0.2) is 40.9 Å². The fourth-order valence-electron chi connectivity index (χ4n) is 1.85. The molecule has 106 valence electrons. The number of ether oxygens (including phenoxy) is 1. The quantitative estimate of drug-likeness (QED) is 0.539. The first-order chi connectivity index (χ1) is 9.52. The maximum absolute atomic E-state index is 13.9. The minimum atomic E-state index is -0.294. The number of benzene rings is 2. The van der Waals surface area contributed by atoms with Crippen molar-refractivity contribution in [2.45, 2.75) is 11.8 Å². The second-order valence-electron chi connectivity index (χ2n) is 4.14. The van der Waals surface area contributed by atoms with E-state index < -0.39 is 0 Å². The van der Waals surface area contributed by atoms with Crippen LogP contribution < -0.4 is 4.74 Å². The van der Waals surface area contributed by atoms with Gasteiger partial charge in [0.1, 0.15) is 11.6 Å². The average Bonchev–Trinajstić information content (AvgIpc) is 2.41. The Kier molecular flexibility index (Phi) is 5.47. The van der Waals surface area contributed by atoms with E-state index in [1.165, 1.54) is 12.1 Å². The van der Waals surface area contributed by atoms with E-state index in [0.29, 0.717) is 17.2 Å². The summed E-state index contributed by atoms with van der Waals surface area (Å²) in [5.74, 6) is 0.478. The third-order valence-corrected chi connectivity index (χ3v) is 4.70. The number of hydrogen-bond acceptors (Lipinski definition) is 1. The Morgan fingerprint density at radius 2 is 1.95 bits per heavy atom. The molecule has 0 bridgehead atoms. The molecule has 0 saturated heterocycles. The van der Waals surface area contributed by atoms with E-state index in [4.69, 9.17) is 16.3 Å². The van der Waals surface area contributed by atoms with Gasteiger partial charge in [0.25, 0.3) is 0 Å². The van der Waals surface area contributed by atoms with Gasteiger partial charge in [-0.2, -0.15) is 0 Å². The number of alkyl halides is 1. The third kappa shape index (κ3) is 3.54. The Balaban J connectivity index is 2.38. The van der Waals surface area contributed by atoms with Crippen LogP contribution in [0, 0.1) is 5.82 Å². The van der Waals surface area contributed by atoms with Gasteiger partial charge in [0.05, 0.1) is 11.4 Å². The molecular weight excluding hydrogens is 410 g/mol. The molecule has 1 unspecified atom stereocenters. The minimum absolute atomic E-state index is 0.286. The summed E-state index contributed by atoms with van der Waals surface area (Å²) < 4.78 is 20.2. The molecule has 2 aromatic carbocycles. The van der Waals surface area contributed by atoms with Gasteiger partial charge in [-0.25, -0.2) is 4.39 Å². The normalized spacial score (nSPS) is 12.2. The molecule has 0 saturated carbocycles. The van der Waals surface area contributed by atoms with Crippen LogP contribution in [0.5, 0.6) is 5.75 Å². The van der Waals surface area contributed by atoms with Crippen molar-refractivity contribution in [2.24, 2.45) is 0 Å². The third-order valence-electron chi connectivity index (χ3n) is 2.79. The smallest absolute Gasteiger partial charge is 0.127 e. The van der Waals surface area contributed by atoms with Gasteiger partial charge in [-0.3, -0.25) is 0 Å². The SMILES string of the molecule is CCOc1ccc(C(Br)c2cc(Cl)ccc2F)c(Br)c1. The summed E-state index contributed by atoms with van der Waals surface area (Å²) >= 11 is 13.0. The molecule has 0 fully saturated rings. The fourth-order valence-corrected chi connectivity index (χ4v) is 3.67. The molecule has 0 radical (unpaired) electrons. The second kappa shape index (κ2) is 6.92. The lowest BCUT2D eigenvalue weighted by Gasteiger charge is -2.15. The summed E-state index contributed by atoms with van der Waals surface area (Å²) in [6.07, 6.45) is 0. The van der Waals surface area contributed by atoms with Crippen LogP contribution in [0.1, 0.15) is 22.9 Å². The molecule has 20 heavy (non-hydrogen) atoms. The average molecular weight is 423 g/mol. The van der Waals surface area contributed by atoms with Gasteiger partial charge in [-0.15, -0.1) is 0 Å². The molecule has 1 nitrogen and oxygen atoms in total. The van der Waals surface area contributed by atoms with Crippen LogP contribution in [-0.2, 0) is 0 Å². The lowest BCUT2D eigenvalue weighted by Crippen LogP contribution is -1.99. The maximum atomic E-state index is 13.9. The molecule has 0 aliphatic heterocycles. The highest BCUT2D eigenvalue weighted by atomic mass is 79.9. The van der Waals surface area contributed by atoms with E-state index in [-0.39, 0.29) is 10.6 Å². The molecule has 0 heterocycles. The zero-order valence-corrected chi connectivity index (χ0v) is 14.6. The lowest BCUT2D eigenvalue weighted by molar-refractivity contribution is 0.340. The second-order valence-corrected chi connectivity index (χ2v) is 6.35. The van der Waals surface area contributed by atoms with E-state index in [9.17, 15) is 4.39 Å². The Hall–Kier alpha value is -0.580. The van der Waals surface area contributed by atoms with Crippen LogP contribution in [0.25, 0.3) is 0 Å². The Morgan fingerprint density at radius 1 is 1.20 bits per heavy atom. The maximum Gasteiger partial charge on any atom is 0.127 e. The topological polar surface area (TPSA) is 9.23 Å². The van der Waals surface area contributed by atoms with Gasteiger partial charge >= 0.3 is 0 Å². The van der Waals surface area contributed by atoms with Crippen LogP contribution in [0.4, 0.5) is 4.39 Å². The van der Waals surface area contributed by atoms with E-state index in [1.807, 2.05) is 25.1 Å². The Bertz CT molecular complexity index is 619. The zero-order valence-electron chi connectivity index (χ0n) is 10.7. The first kappa shape index (κ1) is 15.8. The molecule has 0 aliphatic carbocycles. The molecule has 2 aromatic rings. The van der Waals surface area contributed by atoms with E-state index in [0.717, 1.165) is 15.8 Å². The van der Waals surface area contributed by atoms with Crippen LogP contribution in [0.2, 0.25) is 5.02 Å². The van der Waals surface area contributed by atoms with Gasteiger partial charge in [0.2, 0.25) is 0 Å². The van der Waals surface area contributed by atoms with Crippen LogP contribution in [-0.4, -0.2) is 6.61 Å². The highest BCUT2D eigenvalue weighted by Crippen LogP contribution is 2.38. The zero-order chi connectivity index (χ0) is 14.7. The van der Waals surface area contributed by atoms with Crippen molar-refractivity contribution in [1.29, 1.82) is 0 Å². The van der Waals surface area contributed by atoms with Crippen molar-refractivity contribution in [2.75, 3.05) is 6.61 Å². The van der Waals surface area contributed by atoms with Crippen molar-refractivity contribution in [3.8, 4) is 5.75 Å².